The predicted octanol–water partition coefficient (Wildman–Crippen LogP) is 4.70. The highest BCUT2D eigenvalue weighted by Gasteiger charge is 2.50. The van der Waals surface area contributed by atoms with E-state index < -0.39 is 18.1 Å². The van der Waals surface area contributed by atoms with Crippen molar-refractivity contribution in [2.75, 3.05) is 6.54 Å². The standard InChI is InChI=1S/C23H31NO4/c25-22(26)21-20(18-11-12-18)13-19(17-9-5-2-6-10-17)14-24(21)23(27)28-15-16-7-3-1-4-8-16/h1,3-4,7-8,17-21H,2,5-6,9-15H2,(H,25,26). The third kappa shape index (κ3) is 4.34. The van der Waals surface area contributed by atoms with Crippen molar-refractivity contribution in [2.45, 2.75) is 64.0 Å². The van der Waals surface area contributed by atoms with E-state index in [-0.39, 0.29) is 12.5 Å². The van der Waals surface area contributed by atoms with Crippen LogP contribution in [0.15, 0.2) is 30.3 Å². The van der Waals surface area contributed by atoms with Crippen LogP contribution in [0.4, 0.5) is 4.79 Å². The number of nitrogens with zero attached hydrogens (tertiary/aromatic N) is 1. The SMILES string of the molecule is O=C(O)C1C(C2CC2)CC(C2CCCCC2)CN1C(=O)OCc1ccccc1. The number of piperidine rings is 1. The molecule has 2 saturated carbocycles. The molecule has 3 aliphatic rings. The first-order chi connectivity index (χ1) is 13.6. The zero-order chi connectivity index (χ0) is 19.5. The van der Waals surface area contributed by atoms with Gasteiger partial charge in [-0.2, -0.15) is 0 Å². The smallest absolute Gasteiger partial charge is 0.410 e. The lowest BCUT2D eigenvalue weighted by Crippen LogP contribution is -2.57. The molecule has 0 radical (unpaired) electrons. The van der Waals surface area contributed by atoms with Crippen LogP contribution in [-0.2, 0) is 16.1 Å². The molecule has 3 unspecified atom stereocenters. The van der Waals surface area contributed by atoms with Crippen molar-refractivity contribution < 1.29 is 19.4 Å². The highest BCUT2D eigenvalue weighted by molar-refractivity contribution is 5.80. The molecule has 4 rings (SSSR count). The van der Waals surface area contributed by atoms with Gasteiger partial charge in [-0.25, -0.2) is 9.59 Å². The van der Waals surface area contributed by atoms with Crippen LogP contribution in [0.1, 0.15) is 56.9 Å². The van der Waals surface area contributed by atoms with Crippen LogP contribution in [0.2, 0.25) is 0 Å². The molecule has 0 spiro atoms. The number of aliphatic carboxylic acids is 1. The molecule has 5 nitrogen and oxygen atoms in total. The Balaban J connectivity index is 1.50. The Morgan fingerprint density at radius 1 is 0.964 bits per heavy atom. The molecule has 5 heteroatoms. The number of rotatable bonds is 5. The molecular formula is C23H31NO4. The first-order valence-electron chi connectivity index (χ1n) is 10.8. The van der Waals surface area contributed by atoms with E-state index in [0.29, 0.717) is 24.3 Å². The van der Waals surface area contributed by atoms with Gasteiger partial charge < -0.3 is 9.84 Å². The number of carboxylic acids is 1. The molecule has 1 N–H and O–H groups in total. The molecular weight excluding hydrogens is 354 g/mol. The third-order valence-electron chi connectivity index (χ3n) is 6.98. The van der Waals surface area contributed by atoms with E-state index in [0.717, 1.165) is 24.8 Å². The van der Waals surface area contributed by atoms with E-state index in [2.05, 4.69) is 0 Å². The number of hydrogen-bond acceptors (Lipinski definition) is 3. The van der Waals surface area contributed by atoms with Gasteiger partial charge in [-0.15, -0.1) is 0 Å². The predicted molar refractivity (Wildman–Crippen MR) is 106 cm³/mol. The molecule has 28 heavy (non-hydrogen) atoms. The van der Waals surface area contributed by atoms with E-state index in [9.17, 15) is 14.7 Å². The topological polar surface area (TPSA) is 66.8 Å². The molecule has 3 atom stereocenters. The van der Waals surface area contributed by atoms with E-state index >= 15 is 0 Å². The summed E-state index contributed by atoms with van der Waals surface area (Å²) in [6.07, 6.45) is 8.93. The maximum absolute atomic E-state index is 12.9. The molecule has 3 fully saturated rings. The molecule has 1 saturated heterocycles. The van der Waals surface area contributed by atoms with Crippen molar-refractivity contribution in [1.29, 1.82) is 0 Å². The maximum Gasteiger partial charge on any atom is 0.410 e. The number of likely N-dealkylation sites (tertiary alicyclic amines) is 1. The zero-order valence-corrected chi connectivity index (χ0v) is 16.5. The summed E-state index contributed by atoms with van der Waals surface area (Å²) in [6, 6.07) is 8.83. The quantitative estimate of drug-likeness (QED) is 0.797. The van der Waals surface area contributed by atoms with Gasteiger partial charge in [0.05, 0.1) is 0 Å². The summed E-state index contributed by atoms with van der Waals surface area (Å²) in [5.41, 5.74) is 0.919. The molecule has 0 bridgehead atoms. The zero-order valence-electron chi connectivity index (χ0n) is 16.5. The second-order valence-electron chi connectivity index (χ2n) is 8.87. The van der Waals surface area contributed by atoms with Gasteiger partial charge in [-0.05, 0) is 48.5 Å². The number of amides is 1. The van der Waals surface area contributed by atoms with Gasteiger partial charge in [0.15, 0.2) is 0 Å². The van der Waals surface area contributed by atoms with Gasteiger partial charge in [0.25, 0.3) is 0 Å². The van der Waals surface area contributed by atoms with Gasteiger partial charge in [0.2, 0.25) is 0 Å². The first kappa shape index (κ1) is 19.3. The van der Waals surface area contributed by atoms with Crippen LogP contribution < -0.4 is 0 Å². The van der Waals surface area contributed by atoms with Crippen molar-refractivity contribution in [1.82, 2.24) is 4.90 Å². The summed E-state index contributed by atoms with van der Waals surface area (Å²) >= 11 is 0. The Kier molecular flexibility index (Phi) is 5.88. The van der Waals surface area contributed by atoms with Crippen LogP contribution in [0.3, 0.4) is 0 Å². The van der Waals surface area contributed by atoms with Crippen LogP contribution in [0.25, 0.3) is 0 Å². The summed E-state index contributed by atoms with van der Waals surface area (Å²) in [5, 5.41) is 9.94. The largest absolute Gasteiger partial charge is 0.480 e. The van der Waals surface area contributed by atoms with Gasteiger partial charge in [-0.3, -0.25) is 4.90 Å². The van der Waals surface area contributed by atoms with Crippen LogP contribution in [0, 0.1) is 23.7 Å². The molecule has 1 aromatic carbocycles. The second kappa shape index (κ2) is 8.54. The fourth-order valence-corrected chi connectivity index (χ4v) is 5.38. The molecule has 1 amide bonds. The minimum Gasteiger partial charge on any atom is -0.480 e. The Morgan fingerprint density at radius 2 is 1.68 bits per heavy atom. The van der Waals surface area contributed by atoms with Crippen LogP contribution >= 0.6 is 0 Å². The highest BCUT2D eigenvalue weighted by Crippen LogP contribution is 2.48. The molecule has 152 valence electrons. The number of hydrogen-bond donors (Lipinski definition) is 1. The number of carbonyl (C=O) groups excluding carboxylic acids is 1. The van der Waals surface area contributed by atoms with Gasteiger partial charge in [0.1, 0.15) is 12.6 Å². The van der Waals surface area contributed by atoms with Crippen molar-refractivity contribution in [2.24, 2.45) is 23.7 Å². The average Bonchev–Trinajstić information content (AvgIpc) is 3.57. The molecule has 1 aliphatic heterocycles. The second-order valence-corrected chi connectivity index (χ2v) is 8.87. The molecule has 1 aromatic rings. The Bertz CT molecular complexity index is 681. The maximum atomic E-state index is 12.9. The lowest BCUT2D eigenvalue weighted by atomic mass is 9.71. The van der Waals surface area contributed by atoms with Crippen molar-refractivity contribution >= 4 is 12.1 Å². The van der Waals surface area contributed by atoms with Crippen molar-refractivity contribution in [3.05, 3.63) is 35.9 Å². The van der Waals surface area contributed by atoms with Gasteiger partial charge >= 0.3 is 12.1 Å². The van der Waals surface area contributed by atoms with Crippen LogP contribution in [-0.4, -0.2) is 34.7 Å². The summed E-state index contributed by atoms with van der Waals surface area (Å²) in [5.74, 6) is 0.676. The average molecular weight is 386 g/mol. The fourth-order valence-electron chi connectivity index (χ4n) is 5.38. The normalized spacial score (nSPS) is 28.7. The van der Waals surface area contributed by atoms with Gasteiger partial charge in [-0.1, -0.05) is 62.4 Å². The number of carbonyl (C=O) groups is 2. The van der Waals surface area contributed by atoms with E-state index in [1.807, 2.05) is 30.3 Å². The number of carboxylic acid groups (broad SMARTS) is 1. The summed E-state index contributed by atoms with van der Waals surface area (Å²) in [4.78, 5) is 26.6. The van der Waals surface area contributed by atoms with E-state index in [1.54, 1.807) is 4.90 Å². The van der Waals surface area contributed by atoms with Crippen molar-refractivity contribution in [3.63, 3.8) is 0 Å². The highest BCUT2D eigenvalue weighted by atomic mass is 16.6. The monoisotopic (exact) mass is 385 g/mol. The Labute approximate surface area is 167 Å². The number of ether oxygens (including phenoxy) is 1. The van der Waals surface area contributed by atoms with Crippen molar-refractivity contribution in [3.8, 4) is 0 Å². The Hall–Kier alpha value is -2.04. The minimum absolute atomic E-state index is 0.0717. The minimum atomic E-state index is -0.879. The summed E-state index contributed by atoms with van der Waals surface area (Å²) in [6.45, 7) is 0.711. The molecule has 1 heterocycles. The summed E-state index contributed by atoms with van der Waals surface area (Å²) in [7, 11) is 0. The van der Waals surface area contributed by atoms with E-state index in [4.69, 9.17) is 4.74 Å². The lowest BCUT2D eigenvalue weighted by Gasteiger charge is -2.45. The lowest BCUT2D eigenvalue weighted by molar-refractivity contribution is -0.148. The van der Waals surface area contributed by atoms with E-state index in [1.165, 1.54) is 32.1 Å². The number of benzene rings is 1. The fraction of sp³-hybridized carbons (Fsp3) is 0.652. The van der Waals surface area contributed by atoms with Gasteiger partial charge in [0, 0.05) is 6.54 Å². The first-order valence-corrected chi connectivity index (χ1v) is 10.8. The molecule has 0 aromatic heterocycles. The van der Waals surface area contributed by atoms with Crippen LogP contribution in [0.5, 0.6) is 0 Å². The summed E-state index contributed by atoms with van der Waals surface area (Å²) < 4.78 is 5.56. The molecule has 2 aliphatic carbocycles. The Morgan fingerprint density at radius 3 is 2.32 bits per heavy atom. The third-order valence-corrected chi connectivity index (χ3v) is 6.98.